The molecule has 0 aliphatic carbocycles. The standard InChI is InChI=1S/C18H15Cl2N3O/c19-9-5-6-11(13(20)7-9)16-17-12(8-15(23-16)18(21)24)10-3-1-2-4-14(10)22-17/h1-7,15-16,22-23H,8H2,(H2,21,24)/t15-,16+/m1/s1. The summed E-state index contributed by atoms with van der Waals surface area (Å²) in [5, 5.41) is 5.54. The fraction of sp³-hybridized carbons (Fsp3) is 0.167. The van der Waals surface area contributed by atoms with Crippen LogP contribution in [0.25, 0.3) is 10.9 Å². The molecule has 1 aliphatic rings. The highest BCUT2D eigenvalue weighted by atomic mass is 35.5. The monoisotopic (exact) mass is 359 g/mol. The number of nitrogens with two attached hydrogens (primary N) is 1. The summed E-state index contributed by atoms with van der Waals surface area (Å²) >= 11 is 12.4. The Morgan fingerprint density at radius 1 is 1.17 bits per heavy atom. The van der Waals surface area contributed by atoms with Gasteiger partial charge >= 0.3 is 0 Å². The van der Waals surface area contributed by atoms with Gasteiger partial charge < -0.3 is 10.7 Å². The molecule has 2 heterocycles. The van der Waals surface area contributed by atoms with Crippen LogP contribution in [0, 0.1) is 0 Å². The fourth-order valence-electron chi connectivity index (χ4n) is 3.40. The molecule has 122 valence electrons. The molecular formula is C18H15Cl2N3O. The average molecular weight is 360 g/mol. The summed E-state index contributed by atoms with van der Waals surface area (Å²) < 4.78 is 0. The normalized spacial score (nSPS) is 20.1. The first kappa shape index (κ1) is 15.5. The van der Waals surface area contributed by atoms with Crippen LogP contribution in [0.3, 0.4) is 0 Å². The number of hydrogen-bond donors (Lipinski definition) is 3. The van der Waals surface area contributed by atoms with Crippen molar-refractivity contribution in [2.24, 2.45) is 5.73 Å². The van der Waals surface area contributed by atoms with E-state index in [9.17, 15) is 4.79 Å². The van der Waals surface area contributed by atoms with Crippen molar-refractivity contribution in [3.63, 3.8) is 0 Å². The van der Waals surface area contributed by atoms with Crippen molar-refractivity contribution in [2.45, 2.75) is 18.5 Å². The Morgan fingerprint density at radius 3 is 2.71 bits per heavy atom. The molecule has 4 N–H and O–H groups in total. The number of aromatic nitrogens is 1. The molecule has 2 aromatic carbocycles. The van der Waals surface area contributed by atoms with Gasteiger partial charge in [0.05, 0.1) is 12.1 Å². The Labute approximate surface area is 148 Å². The van der Waals surface area contributed by atoms with Crippen molar-refractivity contribution in [2.75, 3.05) is 0 Å². The van der Waals surface area contributed by atoms with Crippen LogP contribution in [-0.4, -0.2) is 16.9 Å². The number of para-hydroxylation sites is 1. The molecule has 0 unspecified atom stereocenters. The number of nitrogens with one attached hydrogen (secondary N) is 2. The lowest BCUT2D eigenvalue weighted by atomic mass is 9.90. The predicted molar refractivity (Wildman–Crippen MR) is 96.4 cm³/mol. The molecule has 2 atom stereocenters. The van der Waals surface area contributed by atoms with Gasteiger partial charge in [0.2, 0.25) is 5.91 Å². The molecule has 1 aromatic heterocycles. The van der Waals surface area contributed by atoms with Gasteiger partial charge in [-0.25, -0.2) is 0 Å². The number of hydrogen-bond acceptors (Lipinski definition) is 2. The van der Waals surface area contributed by atoms with E-state index in [4.69, 9.17) is 28.9 Å². The molecule has 0 saturated heterocycles. The van der Waals surface area contributed by atoms with Crippen molar-refractivity contribution in [3.05, 3.63) is 69.3 Å². The van der Waals surface area contributed by atoms with E-state index in [1.54, 1.807) is 12.1 Å². The third-order valence-electron chi connectivity index (χ3n) is 4.53. The Hall–Kier alpha value is -2.01. The second kappa shape index (κ2) is 5.81. The maximum Gasteiger partial charge on any atom is 0.234 e. The second-order valence-electron chi connectivity index (χ2n) is 5.99. The number of aromatic amines is 1. The zero-order valence-corrected chi connectivity index (χ0v) is 14.2. The average Bonchev–Trinajstić information content (AvgIpc) is 2.93. The predicted octanol–water partition coefficient (Wildman–Crippen LogP) is 3.56. The Bertz CT molecular complexity index is 951. The summed E-state index contributed by atoms with van der Waals surface area (Å²) in [7, 11) is 0. The minimum Gasteiger partial charge on any atom is -0.368 e. The largest absolute Gasteiger partial charge is 0.368 e. The Kier molecular flexibility index (Phi) is 3.76. The summed E-state index contributed by atoms with van der Waals surface area (Å²) in [6, 6.07) is 12.7. The van der Waals surface area contributed by atoms with Crippen molar-refractivity contribution in [1.29, 1.82) is 0 Å². The van der Waals surface area contributed by atoms with Crippen LogP contribution in [0.15, 0.2) is 42.5 Å². The highest BCUT2D eigenvalue weighted by Crippen LogP contribution is 2.38. The smallest absolute Gasteiger partial charge is 0.234 e. The Balaban J connectivity index is 1.92. The van der Waals surface area contributed by atoms with Crippen molar-refractivity contribution in [1.82, 2.24) is 10.3 Å². The van der Waals surface area contributed by atoms with Crippen LogP contribution >= 0.6 is 23.2 Å². The van der Waals surface area contributed by atoms with E-state index >= 15 is 0 Å². The van der Waals surface area contributed by atoms with E-state index < -0.39 is 6.04 Å². The minimum atomic E-state index is -0.451. The number of carbonyl (C=O) groups is 1. The van der Waals surface area contributed by atoms with E-state index in [1.165, 1.54) is 0 Å². The van der Waals surface area contributed by atoms with Crippen LogP contribution in [0.4, 0.5) is 0 Å². The van der Waals surface area contributed by atoms with Crippen LogP contribution in [0.5, 0.6) is 0 Å². The first-order valence-electron chi connectivity index (χ1n) is 7.64. The maximum absolute atomic E-state index is 11.8. The summed E-state index contributed by atoms with van der Waals surface area (Å²) in [5.74, 6) is -0.374. The molecule has 0 saturated carbocycles. The van der Waals surface area contributed by atoms with Crippen LogP contribution in [0.2, 0.25) is 10.0 Å². The van der Waals surface area contributed by atoms with Gasteiger partial charge in [-0.3, -0.25) is 10.1 Å². The number of benzene rings is 2. The van der Waals surface area contributed by atoms with Gasteiger partial charge in [-0.15, -0.1) is 0 Å². The van der Waals surface area contributed by atoms with Crippen molar-refractivity contribution < 1.29 is 4.79 Å². The molecule has 0 fully saturated rings. The van der Waals surface area contributed by atoms with Crippen molar-refractivity contribution in [3.8, 4) is 0 Å². The first-order chi connectivity index (χ1) is 11.5. The number of halogens is 2. The zero-order valence-electron chi connectivity index (χ0n) is 12.6. The molecule has 3 aromatic rings. The summed E-state index contributed by atoms with van der Waals surface area (Å²) in [5.41, 5.74) is 9.58. The van der Waals surface area contributed by atoms with Crippen molar-refractivity contribution >= 4 is 40.0 Å². The molecule has 4 nitrogen and oxygen atoms in total. The van der Waals surface area contributed by atoms with Crippen LogP contribution in [-0.2, 0) is 11.2 Å². The summed E-state index contributed by atoms with van der Waals surface area (Å²) in [6.07, 6.45) is 0.552. The quantitative estimate of drug-likeness (QED) is 0.654. The number of rotatable bonds is 2. The van der Waals surface area contributed by atoms with Gasteiger partial charge in [0.25, 0.3) is 0 Å². The van der Waals surface area contributed by atoms with E-state index in [2.05, 4.69) is 16.4 Å². The van der Waals surface area contributed by atoms with E-state index in [-0.39, 0.29) is 11.9 Å². The van der Waals surface area contributed by atoms with E-state index in [1.807, 2.05) is 24.3 Å². The molecule has 0 radical (unpaired) electrons. The van der Waals surface area contributed by atoms with Crippen LogP contribution in [0.1, 0.15) is 22.9 Å². The molecule has 0 spiro atoms. The molecule has 1 aliphatic heterocycles. The van der Waals surface area contributed by atoms with E-state index in [0.29, 0.717) is 16.5 Å². The number of carbonyl (C=O) groups excluding carboxylic acids is 1. The molecule has 24 heavy (non-hydrogen) atoms. The summed E-state index contributed by atoms with van der Waals surface area (Å²) in [4.78, 5) is 15.3. The molecular weight excluding hydrogens is 345 g/mol. The maximum atomic E-state index is 11.8. The van der Waals surface area contributed by atoms with Gasteiger partial charge in [0, 0.05) is 26.6 Å². The van der Waals surface area contributed by atoms with Crippen LogP contribution < -0.4 is 11.1 Å². The lowest BCUT2D eigenvalue weighted by Crippen LogP contribution is -2.48. The SMILES string of the molecule is NC(=O)[C@H]1Cc2c([nH]c3ccccc23)[C@H](c2ccc(Cl)cc2Cl)N1. The van der Waals surface area contributed by atoms with Gasteiger partial charge in [0.1, 0.15) is 0 Å². The molecule has 4 rings (SSSR count). The van der Waals surface area contributed by atoms with Gasteiger partial charge in [0.15, 0.2) is 0 Å². The Morgan fingerprint density at radius 2 is 1.96 bits per heavy atom. The highest BCUT2D eigenvalue weighted by Gasteiger charge is 2.33. The number of amides is 1. The van der Waals surface area contributed by atoms with Gasteiger partial charge in [-0.1, -0.05) is 47.5 Å². The number of fused-ring (bicyclic) bond motifs is 3. The molecule has 1 amide bonds. The lowest BCUT2D eigenvalue weighted by Gasteiger charge is -2.30. The molecule has 6 heteroatoms. The number of H-pyrrole nitrogens is 1. The lowest BCUT2D eigenvalue weighted by molar-refractivity contribution is -0.120. The highest BCUT2D eigenvalue weighted by molar-refractivity contribution is 6.35. The number of primary amides is 1. The fourth-order valence-corrected chi connectivity index (χ4v) is 3.92. The van der Waals surface area contributed by atoms with Gasteiger partial charge in [-0.2, -0.15) is 0 Å². The second-order valence-corrected chi connectivity index (χ2v) is 6.83. The topological polar surface area (TPSA) is 70.9 Å². The van der Waals surface area contributed by atoms with Gasteiger partial charge in [-0.05, 0) is 35.7 Å². The molecule has 0 bridgehead atoms. The third kappa shape index (κ3) is 2.47. The summed E-state index contributed by atoms with van der Waals surface area (Å²) in [6.45, 7) is 0. The van der Waals surface area contributed by atoms with E-state index in [0.717, 1.165) is 27.7 Å². The zero-order chi connectivity index (χ0) is 16.8. The minimum absolute atomic E-state index is 0.247. The first-order valence-corrected chi connectivity index (χ1v) is 8.40. The third-order valence-corrected chi connectivity index (χ3v) is 5.09.